The maximum atomic E-state index is 13.2. The fourth-order valence-electron chi connectivity index (χ4n) is 1.22. The molecule has 0 radical (unpaired) electrons. The van der Waals surface area contributed by atoms with Crippen molar-refractivity contribution in [3.05, 3.63) is 34.6 Å². The molecule has 3 nitrogen and oxygen atoms in total. The van der Waals surface area contributed by atoms with E-state index in [0.29, 0.717) is 5.56 Å². The molecule has 0 aliphatic rings. The number of aryl methyl sites for hydroxylation is 1. The lowest BCUT2D eigenvalue weighted by Gasteiger charge is -2.05. The van der Waals surface area contributed by atoms with Crippen molar-refractivity contribution in [2.24, 2.45) is 0 Å². The van der Waals surface area contributed by atoms with Crippen molar-refractivity contribution in [3.63, 3.8) is 0 Å². The van der Waals surface area contributed by atoms with Crippen molar-refractivity contribution >= 4 is 5.97 Å². The van der Waals surface area contributed by atoms with Crippen LogP contribution in [0.25, 0.3) is 0 Å². The summed E-state index contributed by atoms with van der Waals surface area (Å²) >= 11 is 0. The molecule has 0 unspecified atom stereocenters. The molecule has 1 N–H and O–H groups in total. The number of rotatable bonds is 2. The minimum absolute atomic E-state index is 0.0417. The van der Waals surface area contributed by atoms with E-state index in [9.17, 15) is 9.18 Å². The summed E-state index contributed by atoms with van der Waals surface area (Å²) in [5.41, 5.74) is 0.664. The zero-order valence-corrected chi connectivity index (χ0v) is 7.54. The summed E-state index contributed by atoms with van der Waals surface area (Å²) in [7, 11) is 0. The summed E-state index contributed by atoms with van der Waals surface area (Å²) in [6.07, 6.45) is -0.462. The van der Waals surface area contributed by atoms with E-state index < -0.39 is 18.2 Å². The van der Waals surface area contributed by atoms with E-state index >= 15 is 0 Å². The normalized spacial score (nSPS) is 9.50. The highest BCUT2D eigenvalue weighted by Crippen LogP contribution is 2.17. The Morgan fingerprint density at radius 2 is 2.29 bits per heavy atom. The zero-order valence-electron chi connectivity index (χ0n) is 7.54. The van der Waals surface area contributed by atoms with E-state index in [2.05, 4.69) is 0 Å². The average molecular weight is 193 g/mol. The van der Waals surface area contributed by atoms with Gasteiger partial charge in [0.2, 0.25) is 0 Å². The first-order valence-electron chi connectivity index (χ1n) is 3.96. The van der Waals surface area contributed by atoms with Crippen molar-refractivity contribution in [1.82, 2.24) is 0 Å². The van der Waals surface area contributed by atoms with Crippen molar-refractivity contribution in [2.45, 2.75) is 13.3 Å². The van der Waals surface area contributed by atoms with Crippen LogP contribution in [0.4, 0.5) is 4.39 Å². The Hall–Kier alpha value is -1.89. The summed E-state index contributed by atoms with van der Waals surface area (Å²) < 4.78 is 13.2. The number of halogens is 1. The minimum atomic E-state index is -1.15. The van der Waals surface area contributed by atoms with Crippen LogP contribution in [0.2, 0.25) is 0 Å². The number of carboxylic acid groups (broad SMARTS) is 1. The molecule has 0 aromatic heterocycles. The highest BCUT2D eigenvalue weighted by Gasteiger charge is 2.13. The second kappa shape index (κ2) is 3.88. The van der Waals surface area contributed by atoms with Gasteiger partial charge < -0.3 is 5.11 Å². The van der Waals surface area contributed by atoms with E-state index in [-0.39, 0.29) is 11.1 Å². The van der Waals surface area contributed by atoms with Crippen LogP contribution in [0.3, 0.4) is 0 Å². The molecule has 0 spiro atoms. The standard InChI is InChI=1S/C10H8FNO2/c1-6-2-3-9(11)7(4-10(13)14)8(6)5-12/h2-3H,4H2,1H3,(H,13,14). The molecule has 0 atom stereocenters. The third-order valence-electron chi connectivity index (χ3n) is 1.90. The van der Waals surface area contributed by atoms with Crippen molar-refractivity contribution in [2.75, 3.05) is 0 Å². The number of nitriles is 1. The molecule has 1 aromatic rings. The van der Waals surface area contributed by atoms with E-state index in [1.165, 1.54) is 12.1 Å². The van der Waals surface area contributed by atoms with E-state index in [1.54, 1.807) is 13.0 Å². The molecule has 1 rings (SSSR count). The van der Waals surface area contributed by atoms with Gasteiger partial charge in [-0.15, -0.1) is 0 Å². The van der Waals surface area contributed by atoms with Gasteiger partial charge in [0.15, 0.2) is 0 Å². The summed E-state index contributed by atoms with van der Waals surface area (Å²) in [4.78, 5) is 10.4. The van der Waals surface area contributed by atoms with Crippen LogP contribution in [0, 0.1) is 24.1 Å². The number of nitrogens with zero attached hydrogens (tertiary/aromatic N) is 1. The van der Waals surface area contributed by atoms with Gasteiger partial charge in [-0.1, -0.05) is 6.07 Å². The van der Waals surface area contributed by atoms with Gasteiger partial charge in [-0.25, -0.2) is 4.39 Å². The molecule has 14 heavy (non-hydrogen) atoms. The van der Waals surface area contributed by atoms with Crippen LogP contribution >= 0.6 is 0 Å². The Labute approximate surface area is 80.4 Å². The van der Waals surface area contributed by atoms with Gasteiger partial charge >= 0.3 is 5.97 Å². The number of benzene rings is 1. The van der Waals surface area contributed by atoms with Gasteiger partial charge in [0, 0.05) is 5.56 Å². The molecule has 0 aliphatic carbocycles. The molecule has 0 aliphatic heterocycles. The molecule has 0 amide bonds. The Bertz CT molecular complexity index is 421. The van der Waals surface area contributed by atoms with E-state index in [1.807, 2.05) is 0 Å². The smallest absolute Gasteiger partial charge is 0.307 e. The third kappa shape index (κ3) is 1.88. The predicted octanol–water partition coefficient (Wildman–Crippen LogP) is 1.63. The fraction of sp³-hybridized carbons (Fsp3) is 0.200. The number of hydrogen-bond acceptors (Lipinski definition) is 2. The van der Waals surface area contributed by atoms with Gasteiger partial charge in [0.05, 0.1) is 18.1 Å². The number of aliphatic carboxylic acids is 1. The molecule has 0 fully saturated rings. The molecule has 0 saturated carbocycles. The fourth-order valence-corrected chi connectivity index (χ4v) is 1.22. The van der Waals surface area contributed by atoms with E-state index in [0.717, 1.165) is 0 Å². The summed E-state index contributed by atoms with van der Waals surface area (Å²) in [6.45, 7) is 1.64. The largest absolute Gasteiger partial charge is 0.481 e. The minimum Gasteiger partial charge on any atom is -0.481 e. The number of hydrogen-bond donors (Lipinski definition) is 1. The van der Waals surface area contributed by atoms with Crippen LogP contribution in [-0.2, 0) is 11.2 Å². The summed E-state index contributed by atoms with van der Waals surface area (Å²) in [5.74, 6) is -1.79. The van der Waals surface area contributed by atoms with Gasteiger partial charge in [-0.05, 0) is 18.6 Å². The quantitative estimate of drug-likeness (QED) is 0.776. The monoisotopic (exact) mass is 193 g/mol. The van der Waals surface area contributed by atoms with Crippen molar-refractivity contribution in [1.29, 1.82) is 5.26 Å². The van der Waals surface area contributed by atoms with Crippen molar-refractivity contribution < 1.29 is 14.3 Å². The molecule has 0 bridgehead atoms. The lowest BCUT2D eigenvalue weighted by molar-refractivity contribution is -0.136. The average Bonchev–Trinajstić information content (AvgIpc) is 2.11. The van der Waals surface area contributed by atoms with Gasteiger partial charge in [-0.2, -0.15) is 5.26 Å². The van der Waals surface area contributed by atoms with Crippen LogP contribution in [0.15, 0.2) is 12.1 Å². The Balaban J connectivity index is 3.31. The number of carboxylic acids is 1. The Kier molecular flexibility index (Phi) is 2.82. The second-order valence-electron chi connectivity index (χ2n) is 2.90. The first-order valence-corrected chi connectivity index (χ1v) is 3.96. The van der Waals surface area contributed by atoms with E-state index in [4.69, 9.17) is 10.4 Å². The van der Waals surface area contributed by atoms with Gasteiger partial charge in [-0.3, -0.25) is 4.79 Å². The van der Waals surface area contributed by atoms with Gasteiger partial charge in [0.25, 0.3) is 0 Å². The molecule has 1 aromatic carbocycles. The first kappa shape index (κ1) is 10.2. The SMILES string of the molecule is Cc1ccc(F)c(CC(=O)O)c1C#N. The van der Waals surface area contributed by atoms with Crippen LogP contribution in [0.1, 0.15) is 16.7 Å². The maximum absolute atomic E-state index is 13.2. The lowest BCUT2D eigenvalue weighted by Crippen LogP contribution is -2.06. The number of carbonyl (C=O) groups is 1. The van der Waals surface area contributed by atoms with Crippen LogP contribution in [0.5, 0.6) is 0 Å². The Morgan fingerprint density at radius 1 is 1.64 bits per heavy atom. The van der Waals surface area contributed by atoms with Crippen molar-refractivity contribution in [3.8, 4) is 6.07 Å². The summed E-state index contributed by atoms with van der Waals surface area (Å²) in [5, 5.41) is 17.3. The summed E-state index contributed by atoms with van der Waals surface area (Å²) in [6, 6.07) is 4.44. The third-order valence-corrected chi connectivity index (χ3v) is 1.90. The second-order valence-corrected chi connectivity index (χ2v) is 2.90. The van der Waals surface area contributed by atoms with Crippen LogP contribution in [-0.4, -0.2) is 11.1 Å². The topological polar surface area (TPSA) is 61.1 Å². The molecule has 0 heterocycles. The first-order chi connectivity index (χ1) is 6.56. The highest BCUT2D eigenvalue weighted by atomic mass is 19.1. The highest BCUT2D eigenvalue weighted by molar-refractivity contribution is 5.71. The lowest BCUT2D eigenvalue weighted by atomic mass is 10.00. The predicted molar refractivity (Wildman–Crippen MR) is 47.2 cm³/mol. The molecule has 4 heteroatoms. The molecular formula is C10H8FNO2. The molecule has 0 saturated heterocycles. The zero-order chi connectivity index (χ0) is 10.7. The molecule has 72 valence electrons. The molecular weight excluding hydrogens is 185 g/mol. The van der Waals surface area contributed by atoms with Crippen LogP contribution < -0.4 is 0 Å². The Morgan fingerprint density at radius 3 is 2.79 bits per heavy atom. The van der Waals surface area contributed by atoms with Gasteiger partial charge in [0.1, 0.15) is 5.82 Å². The maximum Gasteiger partial charge on any atom is 0.307 e.